The van der Waals surface area contributed by atoms with Crippen LogP contribution < -0.4 is 5.32 Å². The van der Waals surface area contributed by atoms with E-state index >= 15 is 0 Å². The number of rotatable bonds is 6. The Morgan fingerprint density at radius 2 is 1.68 bits per heavy atom. The molecule has 0 radical (unpaired) electrons. The van der Waals surface area contributed by atoms with Gasteiger partial charge in [-0.05, 0) is 49.8 Å². The number of nitrogens with zero attached hydrogens (tertiary/aromatic N) is 2. The first-order chi connectivity index (χ1) is 15.2. The third-order valence-electron chi connectivity index (χ3n) is 6.44. The summed E-state index contributed by atoms with van der Waals surface area (Å²) in [4.78, 5) is 35.5. The Labute approximate surface area is 182 Å². The van der Waals surface area contributed by atoms with E-state index in [9.17, 15) is 9.59 Å². The first-order valence-corrected chi connectivity index (χ1v) is 11.2. The van der Waals surface area contributed by atoms with E-state index in [0.29, 0.717) is 19.5 Å². The zero-order valence-corrected chi connectivity index (χ0v) is 17.6. The maximum Gasteiger partial charge on any atom is 0.225 e. The highest BCUT2D eigenvalue weighted by Crippen LogP contribution is 2.32. The maximum atomic E-state index is 13.2. The number of fused-ring (bicyclic) bond motifs is 1. The van der Waals surface area contributed by atoms with Gasteiger partial charge in [0.1, 0.15) is 5.82 Å². The van der Waals surface area contributed by atoms with Crippen LogP contribution in [0.5, 0.6) is 0 Å². The number of nitrogens with one attached hydrogen (secondary N) is 2. The largest absolute Gasteiger partial charge is 0.346 e. The molecule has 1 saturated heterocycles. The van der Waals surface area contributed by atoms with Gasteiger partial charge in [0.2, 0.25) is 11.8 Å². The Hall–Kier alpha value is -3.15. The smallest absolute Gasteiger partial charge is 0.225 e. The van der Waals surface area contributed by atoms with Crippen LogP contribution in [0.1, 0.15) is 43.1 Å². The van der Waals surface area contributed by atoms with Crippen LogP contribution >= 0.6 is 0 Å². The van der Waals surface area contributed by atoms with Crippen LogP contribution in [0.3, 0.4) is 0 Å². The first kappa shape index (κ1) is 19.8. The minimum Gasteiger partial charge on any atom is -0.346 e. The average molecular weight is 417 g/mol. The third-order valence-corrected chi connectivity index (χ3v) is 6.44. The fourth-order valence-electron chi connectivity index (χ4n) is 4.44. The maximum absolute atomic E-state index is 13.2. The number of hydrogen-bond acceptors (Lipinski definition) is 3. The second kappa shape index (κ2) is 8.53. The van der Waals surface area contributed by atoms with E-state index in [2.05, 4.69) is 22.4 Å². The summed E-state index contributed by atoms with van der Waals surface area (Å²) in [6, 6.07) is 17.9. The topological polar surface area (TPSA) is 78.1 Å². The molecule has 6 heteroatoms. The zero-order chi connectivity index (χ0) is 21.2. The Balaban J connectivity index is 1.29. The van der Waals surface area contributed by atoms with Gasteiger partial charge < -0.3 is 15.2 Å². The number of likely N-dealkylation sites (tertiary alicyclic amines) is 1. The van der Waals surface area contributed by atoms with E-state index < -0.39 is 0 Å². The van der Waals surface area contributed by atoms with Crippen LogP contribution in [-0.4, -0.2) is 39.8 Å². The van der Waals surface area contributed by atoms with Crippen molar-refractivity contribution in [1.82, 2.24) is 20.2 Å². The van der Waals surface area contributed by atoms with Crippen LogP contribution in [0.15, 0.2) is 54.6 Å². The Morgan fingerprint density at radius 1 is 0.968 bits per heavy atom. The second-order valence-electron chi connectivity index (χ2n) is 8.76. The predicted octanol–water partition coefficient (Wildman–Crippen LogP) is 3.61. The van der Waals surface area contributed by atoms with Crippen LogP contribution in [0.4, 0.5) is 0 Å². The van der Waals surface area contributed by atoms with Gasteiger partial charge in [0.15, 0.2) is 0 Å². The molecule has 160 valence electrons. The van der Waals surface area contributed by atoms with Gasteiger partial charge in [-0.3, -0.25) is 9.59 Å². The Kier molecular flexibility index (Phi) is 5.45. The van der Waals surface area contributed by atoms with Crippen molar-refractivity contribution in [3.05, 3.63) is 66.0 Å². The fraction of sp³-hybridized carbons (Fsp3) is 0.400. The summed E-state index contributed by atoms with van der Waals surface area (Å²) < 4.78 is 0. The number of amides is 2. The number of hydrogen-bond donors (Lipinski definition) is 2. The normalized spacial score (nSPS) is 18.1. The molecule has 5 rings (SSSR count). The molecule has 31 heavy (non-hydrogen) atoms. The molecular weight excluding hydrogens is 388 g/mol. The van der Waals surface area contributed by atoms with E-state index in [4.69, 9.17) is 4.98 Å². The van der Waals surface area contributed by atoms with Gasteiger partial charge in [-0.1, -0.05) is 42.5 Å². The van der Waals surface area contributed by atoms with Gasteiger partial charge >= 0.3 is 0 Å². The molecule has 2 aliphatic rings. The molecule has 6 nitrogen and oxygen atoms in total. The number of aromatic amines is 1. The first-order valence-electron chi connectivity index (χ1n) is 11.2. The molecular formula is C25H28N4O2. The van der Waals surface area contributed by atoms with Crippen LogP contribution in [-0.2, 0) is 16.0 Å². The Bertz CT molecular complexity index is 1030. The summed E-state index contributed by atoms with van der Waals surface area (Å²) in [7, 11) is 0. The van der Waals surface area contributed by atoms with Crippen molar-refractivity contribution in [1.29, 1.82) is 0 Å². The van der Waals surface area contributed by atoms with Gasteiger partial charge in [-0.15, -0.1) is 0 Å². The van der Waals surface area contributed by atoms with Gasteiger partial charge in [-0.25, -0.2) is 4.98 Å². The quantitative estimate of drug-likeness (QED) is 0.644. The molecule has 1 aliphatic heterocycles. The van der Waals surface area contributed by atoms with Gasteiger partial charge in [0.05, 0.1) is 17.1 Å². The lowest BCUT2D eigenvalue weighted by atomic mass is 9.94. The molecule has 1 aliphatic carbocycles. The second-order valence-corrected chi connectivity index (χ2v) is 8.76. The fourth-order valence-corrected chi connectivity index (χ4v) is 4.44. The van der Waals surface area contributed by atoms with Crippen molar-refractivity contribution >= 4 is 22.8 Å². The highest BCUT2D eigenvalue weighted by Gasteiger charge is 2.36. The number of aromatic nitrogens is 2. The molecule has 3 aromatic rings. The number of H-pyrrole nitrogens is 1. The van der Waals surface area contributed by atoms with Crippen molar-refractivity contribution in [2.75, 3.05) is 13.1 Å². The van der Waals surface area contributed by atoms with Crippen molar-refractivity contribution in [2.45, 2.75) is 38.1 Å². The standard InChI is InChI=1S/C25H28N4O2/c30-24(18-12-14-29(15-13-18)25(31)19-10-11-19)28-22(16-17-6-2-1-3-7-17)23-26-20-8-4-5-9-21(20)27-23/h1-9,18-19,22H,10-16H2,(H,26,27)(H,28,30)/t22-/m0/s1. The molecule has 0 bridgehead atoms. The number of para-hydroxylation sites is 2. The minimum absolute atomic E-state index is 0.0555. The lowest BCUT2D eigenvalue weighted by molar-refractivity contribution is -0.136. The average Bonchev–Trinajstić information content (AvgIpc) is 3.57. The van der Waals surface area contributed by atoms with Crippen LogP contribution in [0, 0.1) is 11.8 Å². The van der Waals surface area contributed by atoms with Crippen LogP contribution in [0.2, 0.25) is 0 Å². The lowest BCUT2D eigenvalue weighted by Crippen LogP contribution is -2.44. The molecule has 1 saturated carbocycles. The summed E-state index contributed by atoms with van der Waals surface area (Å²) in [5, 5.41) is 3.26. The summed E-state index contributed by atoms with van der Waals surface area (Å²) in [5.41, 5.74) is 3.02. The van der Waals surface area contributed by atoms with E-state index in [-0.39, 0.29) is 29.7 Å². The van der Waals surface area contributed by atoms with Gasteiger partial charge in [-0.2, -0.15) is 0 Å². The van der Waals surface area contributed by atoms with Crippen LogP contribution in [0.25, 0.3) is 11.0 Å². The van der Waals surface area contributed by atoms with Crippen molar-refractivity contribution in [3.63, 3.8) is 0 Å². The number of benzene rings is 2. The van der Waals surface area contributed by atoms with Gasteiger partial charge in [0.25, 0.3) is 0 Å². The zero-order valence-electron chi connectivity index (χ0n) is 17.6. The summed E-state index contributed by atoms with van der Waals surface area (Å²) in [5.74, 6) is 1.29. The monoisotopic (exact) mass is 416 g/mol. The molecule has 2 amide bonds. The minimum atomic E-state index is -0.228. The Morgan fingerprint density at radius 3 is 2.39 bits per heavy atom. The van der Waals surface area contributed by atoms with Crippen molar-refractivity contribution < 1.29 is 9.59 Å². The highest BCUT2D eigenvalue weighted by molar-refractivity contribution is 5.82. The number of carbonyl (C=O) groups is 2. The van der Waals surface area contributed by atoms with E-state index in [1.165, 1.54) is 0 Å². The SMILES string of the molecule is O=C(N[C@@H](Cc1ccccc1)c1nc2ccccc2[nH]1)C1CCN(C(=O)C2CC2)CC1. The van der Waals surface area contributed by atoms with E-state index in [0.717, 1.165) is 48.1 Å². The van der Waals surface area contributed by atoms with Crippen molar-refractivity contribution in [2.24, 2.45) is 11.8 Å². The summed E-state index contributed by atoms with van der Waals surface area (Å²) >= 11 is 0. The molecule has 0 spiro atoms. The molecule has 2 heterocycles. The molecule has 2 fully saturated rings. The molecule has 2 aromatic carbocycles. The number of carbonyl (C=O) groups excluding carboxylic acids is 2. The third kappa shape index (κ3) is 4.48. The molecule has 1 aromatic heterocycles. The molecule has 1 atom stereocenters. The summed E-state index contributed by atoms with van der Waals surface area (Å²) in [6.45, 7) is 1.36. The number of imidazole rings is 1. The molecule has 0 unspecified atom stereocenters. The lowest BCUT2D eigenvalue weighted by Gasteiger charge is -2.32. The molecule has 2 N–H and O–H groups in total. The van der Waals surface area contributed by atoms with E-state index in [1.807, 2.05) is 47.4 Å². The predicted molar refractivity (Wildman–Crippen MR) is 119 cm³/mol. The summed E-state index contributed by atoms with van der Waals surface area (Å²) in [6.07, 6.45) is 4.17. The number of piperidine rings is 1. The highest BCUT2D eigenvalue weighted by atomic mass is 16.2. The van der Waals surface area contributed by atoms with E-state index in [1.54, 1.807) is 0 Å². The van der Waals surface area contributed by atoms with Gasteiger partial charge in [0, 0.05) is 24.9 Å². The van der Waals surface area contributed by atoms with Crippen molar-refractivity contribution in [3.8, 4) is 0 Å².